The first-order chi connectivity index (χ1) is 11.5. The van der Waals surface area contributed by atoms with Crippen LogP contribution in [0.5, 0.6) is 0 Å². The molecule has 3 heterocycles. The van der Waals surface area contributed by atoms with Crippen molar-refractivity contribution in [2.24, 2.45) is 13.0 Å². The van der Waals surface area contributed by atoms with E-state index in [0.29, 0.717) is 5.92 Å². The molecule has 6 heteroatoms. The predicted octanol–water partition coefficient (Wildman–Crippen LogP) is 2.29. The SMILES string of the molecule is CC(=O)N1CCC[C@@H](Cc2cncc(-c3c(C)nn(C)c3C)n2)C1. The van der Waals surface area contributed by atoms with E-state index in [1.165, 1.54) is 0 Å². The third-order valence-electron chi connectivity index (χ3n) is 4.91. The van der Waals surface area contributed by atoms with Crippen molar-refractivity contribution < 1.29 is 4.79 Å². The van der Waals surface area contributed by atoms with Crippen molar-refractivity contribution in [1.29, 1.82) is 0 Å². The van der Waals surface area contributed by atoms with Crippen molar-refractivity contribution in [3.63, 3.8) is 0 Å². The fraction of sp³-hybridized carbons (Fsp3) is 0.556. The van der Waals surface area contributed by atoms with Gasteiger partial charge >= 0.3 is 0 Å². The van der Waals surface area contributed by atoms with Gasteiger partial charge < -0.3 is 4.90 Å². The van der Waals surface area contributed by atoms with E-state index in [-0.39, 0.29) is 5.91 Å². The lowest BCUT2D eigenvalue weighted by Crippen LogP contribution is -2.39. The summed E-state index contributed by atoms with van der Waals surface area (Å²) in [5, 5.41) is 4.47. The molecule has 2 aromatic heterocycles. The van der Waals surface area contributed by atoms with Crippen LogP contribution in [-0.2, 0) is 18.3 Å². The number of rotatable bonds is 3. The molecular formula is C18H25N5O. The third-order valence-corrected chi connectivity index (χ3v) is 4.91. The molecule has 0 saturated carbocycles. The van der Waals surface area contributed by atoms with E-state index in [2.05, 4.69) is 17.0 Å². The largest absolute Gasteiger partial charge is 0.343 e. The summed E-state index contributed by atoms with van der Waals surface area (Å²) in [5.74, 6) is 0.629. The van der Waals surface area contributed by atoms with Crippen LogP contribution in [0.4, 0.5) is 0 Å². The Morgan fingerprint density at radius 1 is 1.33 bits per heavy atom. The zero-order valence-electron chi connectivity index (χ0n) is 14.9. The molecule has 6 nitrogen and oxygen atoms in total. The zero-order valence-corrected chi connectivity index (χ0v) is 14.9. The van der Waals surface area contributed by atoms with Crippen LogP contribution in [0.25, 0.3) is 11.3 Å². The summed E-state index contributed by atoms with van der Waals surface area (Å²) in [6, 6.07) is 0. The summed E-state index contributed by atoms with van der Waals surface area (Å²) < 4.78 is 1.88. The molecule has 1 saturated heterocycles. The van der Waals surface area contributed by atoms with E-state index in [1.807, 2.05) is 35.9 Å². The first kappa shape index (κ1) is 16.6. The standard InChI is InChI=1S/C18H25N5O/c1-12-18(13(2)22(4)21-12)17-10-19-9-16(20-17)8-15-6-5-7-23(11-15)14(3)24/h9-10,15H,5-8,11H2,1-4H3/t15-/m0/s1. The number of aryl methyl sites for hydroxylation is 2. The van der Waals surface area contributed by atoms with E-state index in [0.717, 1.165) is 60.7 Å². The number of carbonyl (C=O) groups is 1. The van der Waals surface area contributed by atoms with Crippen LogP contribution in [0.3, 0.4) is 0 Å². The number of likely N-dealkylation sites (tertiary alicyclic amines) is 1. The molecule has 0 aliphatic carbocycles. The van der Waals surface area contributed by atoms with Gasteiger partial charge in [0.05, 0.1) is 23.3 Å². The van der Waals surface area contributed by atoms with Gasteiger partial charge in [-0.1, -0.05) is 0 Å². The summed E-state index contributed by atoms with van der Waals surface area (Å²) in [6.07, 6.45) is 6.72. The number of hydrogen-bond donors (Lipinski definition) is 0. The second-order valence-corrected chi connectivity index (χ2v) is 6.74. The second kappa shape index (κ2) is 6.71. The molecule has 128 valence electrons. The van der Waals surface area contributed by atoms with Crippen molar-refractivity contribution in [3.8, 4) is 11.3 Å². The number of carbonyl (C=O) groups excluding carboxylic acids is 1. The van der Waals surface area contributed by atoms with E-state index in [1.54, 1.807) is 6.92 Å². The molecule has 24 heavy (non-hydrogen) atoms. The van der Waals surface area contributed by atoms with Crippen LogP contribution in [0.2, 0.25) is 0 Å². The molecule has 0 aromatic carbocycles. The minimum Gasteiger partial charge on any atom is -0.343 e. The van der Waals surface area contributed by atoms with E-state index in [4.69, 9.17) is 4.98 Å². The quantitative estimate of drug-likeness (QED) is 0.868. The number of aromatic nitrogens is 4. The molecule has 2 aromatic rings. The van der Waals surface area contributed by atoms with Gasteiger partial charge in [-0.3, -0.25) is 14.5 Å². The molecular weight excluding hydrogens is 302 g/mol. The van der Waals surface area contributed by atoms with E-state index in [9.17, 15) is 4.79 Å². The van der Waals surface area contributed by atoms with Gasteiger partial charge in [0.2, 0.25) is 5.91 Å². The molecule has 1 atom stereocenters. The first-order valence-electron chi connectivity index (χ1n) is 8.52. The predicted molar refractivity (Wildman–Crippen MR) is 92.4 cm³/mol. The Morgan fingerprint density at radius 2 is 2.12 bits per heavy atom. The smallest absolute Gasteiger partial charge is 0.219 e. The van der Waals surface area contributed by atoms with Crippen molar-refractivity contribution >= 4 is 5.91 Å². The number of amides is 1. The minimum atomic E-state index is 0.168. The van der Waals surface area contributed by atoms with Crippen molar-refractivity contribution in [3.05, 3.63) is 29.5 Å². The zero-order chi connectivity index (χ0) is 17.3. The maximum absolute atomic E-state index is 11.6. The Labute approximate surface area is 142 Å². The molecule has 0 unspecified atom stereocenters. The molecule has 0 spiro atoms. The lowest BCUT2D eigenvalue weighted by Gasteiger charge is -2.31. The molecule has 0 bridgehead atoms. The molecule has 3 rings (SSSR count). The van der Waals surface area contributed by atoms with Gasteiger partial charge in [0.15, 0.2) is 0 Å². The maximum Gasteiger partial charge on any atom is 0.219 e. The average molecular weight is 327 g/mol. The average Bonchev–Trinajstić information content (AvgIpc) is 2.80. The Morgan fingerprint density at radius 3 is 2.79 bits per heavy atom. The van der Waals surface area contributed by atoms with Gasteiger partial charge in [-0.2, -0.15) is 5.10 Å². The van der Waals surface area contributed by atoms with Gasteiger partial charge in [-0.25, -0.2) is 4.98 Å². The summed E-state index contributed by atoms with van der Waals surface area (Å²) >= 11 is 0. The molecule has 0 N–H and O–H groups in total. The number of hydrogen-bond acceptors (Lipinski definition) is 4. The fourth-order valence-electron chi connectivity index (χ4n) is 3.58. The summed E-state index contributed by atoms with van der Waals surface area (Å²) in [7, 11) is 1.95. The van der Waals surface area contributed by atoms with Crippen LogP contribution in [0.15, 0.2) is 12.4 Å². The van der Waals surface area contributed by atoms with E-state index >= 15 is 0 Å². The molecule has 0 radical (unpaired) electrons. The molecule has 1 aliphatic rings. The Hall–Kier alpha value is -2.24. The van der Waals surface area contributed by atoms with Crippen LogP contribution >= 0.6 is 0 Å². The highest BCUT2D eigenvalue weighted by Gasteiger charge is 2.22. The van der Waals surface area contributed by atoms with E-state index < -0.39 is 0 Å². The topological polar surface area (TPSA) is 63.9 Å². The summed E-state index contributed by atoms with van der Waals surface area (Å²) in [4.78, 5) is 22.8. The van der Waals surface area contributed by atoms with Gasteiger partial charge in [-0.05, 0) is 39.0 Å². The first-order valence-corrected chi connectivity index (χ1v) is 8.52. The maximum atomic E-state index is 11.6. The number of piperidine rings is 1. The van der Waals surface area contributed by atoms with Gasteiger partial charge in [0, 0.05) is 44.5 Å². The Balaban J connectivity index is 1.80. The Kier molecular flexibility index (Phi) is 4.64. The van der Waals surface area contributed by atoms with Crippen molar-refractivity contribution in [1.82, 2.24) is 24.6 Å². The van der Waals surface area contributed by atoms with Gasteiger partial charge in [-0.15, -0.1) is 0 Å². The molecule has 1 fully saturated rings. The monoisotopic (exact) mass is 327 g/mol. The van der Waals surface area contributed by atoms with Crippen LogP contribution in [-0.4, -0.2) is 43.6 Å². The fourth-order valence-corrected chi connectivity index (χ4v) is 3.58. The summed E-state index contributed by atoms with van der Waals surface area (Å²) in [6.45, 7) is 7.41. The third kappa shape index (κ3) is 3.32. The Bertz CT molecular complexity index is 752. The van der Waals surface area contributed by atoms with Crippen LogP contribution in [0, 0.1) is 19.8 Å². The summed E-state index contributed by atoms with van der Waals surface area (Å²) in [5.41, 5.74) is 5.02. The van der Waals surface area contributed by atoms with Gasteiger partial charge in [0.1, 0.15) is 0 Å². The van der Waals surface area contributed by atoms with Gasteiger partial charge in [0.25, 0.3) is 0 Å². The van der Waals surface area contributed by atoms with Crippen molar-refractivity contribution in [2.45, 2.75) is 40.0 Å². The second-order valence-electron chi connectivity index (χ2n) is 6.74. The lowest BCUT2D eigenvalue weighted by atomic mass is 9.93. The highest BCUT2D eigenvalue weighted by Crippen LogP contribution is 2.25. The number of nitrogens with zero attached hydrogens (tertiary/aromatic N) is 5. The lowest BCUT2D eigenvalue weighted by molar-refractivity contribution is -0.130. The van der Waals surface area contributed by atoms with Crippen molar-refractivity contribution in [2.75, 3.05) is 13.1 Å². The highest BCUT2D eigenvalue weighted by atomic mass is 16.2. The highest BCUT2D eigenvalue weighted by molar-refractivity contribution is 5.73. The molecule has 1 aliphatic heterocycles. The molecule has 1 amide bonds. The van der Waals surface area contributed by atoms with Crippen LogP contribution < -0.4 is 0 Å². The minimum absolute atomic E-state index is 0.168. The van der Waals surface area contributed by atoms with Crippen LogP contribution in [0.1, 0.15) is 36.8 Å². The normalized spacial score (nSPS) is 18.0.